The molecule has 0 amide bonds. The highest BCUT2D eigenvalue weighted by Gasteiger charge is 2.46. The maximum absolute atomic E-state index is 12.7. The molecule has 0 N–H and O–H groups in total. The second-order valence-electron chi connectivity index (χ2n) is 10.9. The molecule has 0 radical (unpaired) electrons. The van der Waals surface area contributed by atoms with E-state index < -0.39 is 10.8 Å². The van der Waals surface area contributed by atoms with Gasteiger partial charge >= 0.3 is 11.9 Å². The first kappa shape index (κ1) is 21.1. The summed E-state index contributed by atoms with van der Waals surface area (Å²) in [5, 5.41) is 0. The molecule has 2 saturated heterocycles. The second kappa shape index (κ2) is 7.84. The number of esters is 2. The van der Waals surface area contributed by atoms with Crippen molar-refractivity contribution in [1.29, 1.82) is 0 Å². The van der Waals surface area contributed by atoms with Crippen molar-refractivity contribution in [3.05, 3.63) is 0 Å². The number of fused-ring (bicyclic) bond motifs is 2. The fraction of sp³-hybridized carbons (Fsp3) is 0.913. The van der Waals surface area contributed by atoms with E-state index in [1.54, 1.807) is 0 Å². The Morgan fingerprint density at radius 3 is 1.52 bits per heavy atom. The largest absolute Gasteiger partial charge is 0.465 e. The van der Waals surface area contributed by atoms with Crippen LogP contribution in [0.3, 0.4) is 0 Å². The summed E-state index contributed by atoms with van der Waals surface area (Å²) in [6.45, 7) is 8.33. The summed E-state index contributed by atoms with van der Waals surface area (Å²) in [6.07, 6.45) is 8.32. The quantitative estimate of drug-likeness (QED) is 0.451. The van der Waals surface area contributed by atoms with Crippen LogP contribution in [0.25, 0.3) is 0 Å². The van der Waals surface area contributed by atoms with E-state index in [2.05, 4.69) is 0 Å². The van der Waals surface area contributed by atoms with Crippen LogP contribution in [0.5, 0.6) is 0 Å². The van der Waals surface area contributed by atoms with Crippen LogP contribution in [-0.4, -0.2) is 49.6 Å². The van der Waals surface area contributed by atoms with Crippen LogP contribution < -0.4 is 0 Å². The van der Waals surface area contributed by atoms with E-state index in [0.29, 0.717) is 55.9 Å². The lowest BCUT2D eigenvalue weighted by molar-refractivity contribution is -0.163. The summed E-state index contributed by atoms with van der Waals surface area (Å²) < 4.78 is 22.4. The molecule has 4 rings (SSSR count). The minimum Gasteiger partial charge on any atom is -0.465 e. The fourth-order valence-electron chi connectivity index (χ4n) is 5.30. The Morgan fingerprint density at radius 1 is 0.724 bits per heavy atom. The molecule has 2 saturated carbocycles. The number of hydrogen-bond donors (Lipinski definition) is 0. The first-order chi connectivity index (χ1) is 13.6. The first-order valence-corrected chi connectivity index (χ1v) is 11.3. The lowest BCUT2D eigenvalue weighted by Crippen LogP contribution is -2.38. The van der Waals surface area contributed by atoms with Gasteiger partial charge in [-0.2, -0.15) is 0 Å². The molecule has 0 aromatic heterocycles. The van der Waals surface area contributed by atoms with Crippen LogP contribution >= 0.6 is 0 Å². The molecule has 29 heavy (non-hydrogen) atoms. The summed E-state index contributed by atoms with van der Waals surface area (Å²) in [6, 6.07) is 0. The van der Waals surface area contributed by atoms with Gasteiger partial charge in [0.25, 0.3) is 0 Å². The maximum atomic E-state index is 12.7. The van der Waals surface area contributed by atoms with Gasteiger partial charge in [0, 0.05) is 0 Å². The molecule has 6 heteroatoms. The Labute approximate surface area is 174 Å². The summed E-state index contributed by atoms with van der Waals surface area (Å²) in [5.74, 6) is 0.312. The molecule has 4 fully saturated rings. The Hall–Kier alpha value is -1.14. The number of epoxide rings is 2. The van der Waals surface area contributed by atoms with Crippen molar-refractivity contribution in [2.75, 3.05) is 13.2 Å². The zero-order chi connectivity index (χ0) is 20.8. The molecular weight excluding hydrogens is 372 g/mol. The minimum absolute atomic E-state index is 0.235. The lowest BCUT2D eigenvalue weighted by Gasteiger charge is -2.32. The van der Waals surface area contributed by atoms with Gasteiger partial charge in [0.15, 0.2) is 0 Å². The Kier molecular flexibility index (Phi) is 5.71. The lowest BCUT2D eigenvalue weighted by atomic mass is 9.75. The van der Waals surface area contributed by atoms with Gasteiger partial charge < -0.3 is 18.9 Å². The Morgan fingerprint density at radius 2 is 1.14 bits per heavy atom. The van der Waals surface area contributed by atoms with Crippen molar-refractivity contribution in [2.45, 2.75) is 97.1 Å². The predicted octanol–water partition coefficient (Wildman–Crippen LogP) is 3.65. The van der Waals surface area contributed by atoms with Gasteiger partial charge in [-0.15, -0.1) is 0 Å². The molecule has 4 aliphatic rings. The SMILES string of the molecule is CC(C)(CC(C)(C)C(=O)OCC1CCC2OC2C1)C(=O)OCC1CCC2OC2C1. The summed E-state index contributed by atoms with van der Waals surface area (Å²) in [4.78, 5) is 25.5. The summed E-state index contributed by atoms with van der Waals surface area (Å²) >= 11 is 0. The maximum Gasteiger partial charge on any atom is 0.311 e. The minimum atomic E-state index is -0.740. The van der Waals surface area contributed by atoms with E-state index in [4.69, 9.17) is 18.9 Å². The molecule has 2 aliphatic carbocycles. The van der Waals surface area contributed by atoms with E-state index >= 15 is 0 Å². The zero-order valence-electron chi connectivity index (χ0n) is 18.3. The summed E-state index contributed by atoms with van der Waals surface area (Å²) in [5.41, 5.74) is -1.48. The highest BCUT2D eigenvalue weighted by atomic mass is 16.6. The zero-order valence-corrected chi connectivity index (χ0v) is 18.3. The number of hydrogen-bond acceptors (Lipinski definition) is 6. The smallest absolute Gasteiger partial charge is 0.311 e. The van der Waals surface area contributed by atoms with Crippen LogP contribution in [0.1, 0.15) is 72.6 Å². The third kappa shape index (κ3) is 5.13. The van der Waals surface area contributed by atoms with Crippen molar-refractivity contribution < 1.29 is 28.5 Å². The van der Waals surface area contributed by atoms with Crippen LogP contribution in [0.15, 0.2) is 0 Å². The van der Waals surface area contributed by atoms with Gasteiger partial charge in [-0.05, 0) is 84.5 Å². The molecule has 2 aliphatic heterocycles. The third-order valence-corrected chi connectivity index (χ3v) is 7.11. The van der Waals surface area contributed by atoms with E-state index in [-0.39, 0.29) is 11.9 Å². The average molecular weight is 409 g/mol. The molecule has 6 unspecified atom stereocenters. The topological polar surface area (TPSA) is 77.7 Å². The molecule has 2 heterocycles. The Bertz CT molecular complexity index is 587. The number of carbonyl (C=O) groups excluding carboxylic acids is 2. The van der Waals surface area contributed by atoms with Gasteiger partial charge in [0.1, 0.15) is 0 Å². The normalized spacial score (nSPS) is 35.9. The van der Waals surface area contributed by atoms with Crippen molar-refractivity contribution in [3.8, 4) is 0 Å². The summed E-state index contributed by atoms with van der Waals surface area (Å²) in [7, 11) is 0. The molecule has 0 aromatic rings. The van der Waals surface area contributed by atoms with E-state index in [0.717, 1.165) is 38.5 Å². The molecule has 6 nitrogen and oxygen atoms in total. The molecule has 0 aromatic carbocycles. The molecule has 164 valence electrons. The van der Waals surface area contributed by atoms with E-state index in [9.17, 15) is 9.59 Å². The van der Waals surface area contributed by atoms with Crippen molar-refractivity contribution in [3.63, 3.8) is 0 Å². The van der Waals surface area contributed by atoms with Gasteiger partial charge in [-0.1, -0.05) is 0 Å². The fourth-order valence-corrected chi connectivity index (χ4v) is 5.30. The first-order valence-electron chi connectivity index (χ1n) is 11.3. The van der Waals surface area contributed by atoms with Gasteiger partial charge in [-0.25, -0.2) is 0 Å². The average Bonchev–Trinajstić information content (AvgIpc) is 3.56. The van der Waals surface area contributed by atoms with Crippen molar-refractivity contribution in [2.24, 2.45) is 22.7 Å². The van der Waals surface area contributed by atoms with E-state index in [1.807, 2.05) is 27.7 Å². The molecule has 6 atom stereocenters. The van der Waals surface area contributed by atoms with Gasteiger partial charge in [-0.3, -0.25) is 9.59 Å². The highest BCUT2D eigenvalue weighted by Crippen LogP contribution is 2.41. The van der Waals surface area contributed by atoms with Crippen molar-refractivity contribution in [1.82, 2.24) is 0 Å². The van der Waals surface area contributed by atoms with Crippen LogP contribution in [-0.2, 0) is 28.5 Å². The molecule has 0 bridgehead atoms. The molecular formula is C23H36O6. The number of carbonyl (C=O) groups is 2. The Balaban J connectivity index is 1.21. The van der Waals surface area contributed by atoms with Gasteiger partial charge in [0.05, 0.1) is 48.5 Å². The number of rotatable bonds is 8. The van der Waals surface area contributed by atoms with Crippen molar-refractivity contribution >= 4 is 11.9 Å². The third-order valence-electron chi connectivity index (χ3n) is 7.11. The molecule has 0 spiro atoms. The number of ether oxygens (including phenoxy) is 4. The predicted molar refractivity (Wildman–Crippen MR) is 106 cm³/mol. The van der Waals surface area contributed by atoms with Crippen LogP contribution in [0.4, 0.5) is 0 Å². The standard InChI is InChI=1S/C23H36O6/c1-22(2,20(24)26-11-14-5-7-16-18(9-14)28-16)13-23(3,4)21(25)27-12-15-6-8-17-19(10-15)29-17/h14-19H,5-13H2,1-4H3. The van der Waals surface area contributed by atoms with Crippen LogP contribution in [0.2, 0.25) is 0 Å². The van der Waals surface area contributed by atoms with E-state index in [1.165, 1.54) is 0 Å². The highest BCUT2D eigenvalue weighted by molar-refractivity contribution is 5.80. The van der Waals surface area contributed by atoms with Gasteiger partial charge in [0.2, 0.25) is 0 Å². The second-order valence-corrected chi connectivity index (χ2v) is 10.9. The van der Waals surface area contributed by atoms with Crippen LogP contribution in [0, 0.1) is 22.7 Å². The monoisotopic (exact) mass is 408 g/mol.